The highest BCUT2D eigenvalue weighted by Crippen LogP contribution is 2.25. The molecule has 1 fully saturated rings. The number of hydrogen-bond donors (Lipinski definition) is 0. The summed E-state index contributed by atoms with van der Waals surface area (Å²) >= 11 is 8.93. The van der Waals surface area contributed by atoms with Gasteiger partial charge in [-0.05, 0) is 47.0 Å². The molecule has 0 spiro atoms. The molecule has 0 heterocycles. The van der Waals surface area contributed by atoms with Gasteiger partial charge in [0.25, 0.3) is 5.91 Å². The van der Waals surface area contributed by atoms with Gasteiger partial charge in [-0.1, -0.05) is 19.3 Å². The molecule has 0 aromatic heterocycles. The van der Waals surface area contributed by atoms with Crippen LogP contribution in [0.3, 0.4) is 0 Å². The highest BCUT2D eigenvalue weighted by Gasteiger charge is 2.26. The normalized spacial score (nSPS) is 16.1. The van der Waals surface area contributed by atoms with Gasteiger partial charge in [-0.15, -0.1) is 11.6 Å². The second-order valence-corrected chi connectivity index (χ2v) is 6.34. The molecule has 110 valence electrons. The monoisotopic (exact) mass is 361 g/mol. The van der Waals surface area contributed by atoms with Gasteiger partial charge in [-0.25, -0.2) is 4.39 Å². The Hall–Kier alpha value is -0.610. The Morgan fingerprint density at radius 3 is 2.65 bits per heavy atom. The number of carbonyl (C=O) groups is 1. The van der Waals surface area contributed by atoms with Crippen LogP contribution >= 0.6 is 27.5 Å². The highest BCUT2D eigenvalue weighted by molar-refractivity contribution is 9.10. The minimum Gasteiger partial charge on any atom is -0.334 e. The first-order chi connectivity index (χ1) is 9.63. The van der Waals surface area contributed by atoms with Crippen LogP contribution in [0.15, 0.2) is 22.7 Å². The van der Waals surface area contributed by atoms with Gasteiger partial charge in [0.2, 0.25) is 0 Å². The van der Waals surface area contributed by atoms with E-state index in [0.29, 0.717) is 22.5 Å². The molecule has 20 heavy (non-hydrogen) atoms. The fourth-order valence-corrected chi connectivity index (χ4v) is 3.16. The van der Waals surface area contributed by atoms with E-state index in [1.165, 1.54) is 12.5 Å². The van der Waals surface area contributed by atoms with Gasteiger partial charge >= 0.3 is 0 Å². The molecule has 1 saturated carbocycles. The van der Waals surface area contributed by atoms with Crippen LogP contribution in [0.1, 0.15) is 42.5 Å². The van der Waals surface area contributed by atoms with Crippen molar-refractivity contribution in [2.45, 2.75) is 38.1 Å². The van der Waals surface area contributed by atoms with Crippen molar-refractivity contribution in [3.05, 3.63) is 34.1 Å². The van der Waals surface area contributed by atoms with Crippen molar-refractivity contribution in [3.63, 3.8) is 0 Å². The van der Waals surface area contributed by atoms with Gasteiger partial charge in [0.15, 0.2) is 0 Å². The second kappa shape index (κ2) is 7.41. The maximum atomic E-state index is 13.6. The molecule has 0 radical (unpaired) electrons. The lowest BCUT2D eigenvalue weighted by Gasteiger charge is -2.34. The Morgan fingerprint density at radius 1 is 1.35 bits per heavy atom. The van der Waals surface area contributed by atoms with Crippen LogP contribution in [0, 0.1) is 5.82 Å². The van der Waals surface area contributed by atoms with Gasteiger partial charge in [-0.3, -0.25) is 4.79 Å². The van der Waals surface area contributed by atoms with Gasteiger partial charge in [0.05, 0.1) is 4.47 Å². The maximum Gasteiger partial charge on any atom is 0.254 e. The summed E-state index contributed by atoms with van der Waals surface area (Å²) in [5.74, 6) is -0.129. The van der Waals surface area contributed by atoms with Gasteiger partial charge in [-0.2, -0.15) is 0 Å². The number of nitrogens with zero attached hydrogens (tertiary/aromatic N) is 1. The largest absolute Gasteiger partial charge is 0.334 e. The Bertz CT molecular complexity index is 477. The van der Waals surface area contributed by atoms with Crippen LogP contribution in [0.5, 0.6) is 0 Å². The molecule has 1 aromatic carbocycles. The van der Waals surface area contributed by atoms with E-state index in [1.54, 1.807) is 12.1 Å². The number of benzene rings is 1. The van der Waals surface area contributed by atoms with E-state index in [-0.39, 0.29) is 11.9 Å². The average molecular weight is 363 g/mol. The second-order valence-electron chi connectivity index (χ2n) is 5.11. The van der Waals surface area contributed by atoms with E-state index >= 15 is 0 Å². The number of rotatable bonds is 4. The van der Waals surface area contributed by atoms with Crippen molar-refractivity contribution in [2.75, 3.05) is 12.4 Å². The third-order valence-electron chi connectivity index (χ3n) is 3.77. The lowest BCUT2D eigenvalue weighted by atomic mass is 9.93. The van der Waals surface area contributed by atoms with Crippen molar-refractivity contribution < 1.29 is 9.18 Å². The van der Waals surface area contributed by atoms with Crippen LogP contribution in [0.4, 0.5) is 4.39 Å². The minimum atomic E-state index is -0.412. The third-order valence-corrected chi connectivity index (χ3v) is 4.58. The molecule has 0 aliphatic heterocycles. The molecule has 0 saturated heterocycles. The molecule has 1 aliphatic rings. The molecule has 1 amide bonds. The van der Waals surface area contributed by atoms with E-state index < -0.39 is 5.82 Å². The summed E-state index contributed by atoms with van der Waals surface area (Å²) < 4.78 is 14.0. The van der Waals surface area contributed by atoms with Crippen molar-refractivity contribution >= 4 is 33.4 Å². The molecule has 1 aliphatic carbocycles. The van der Waals surface area contributed by atoms with Crippen LogP contribution in [-0.4, -0.2) is 29.3 Å². The van der Waals surface area contributed by atoms with Crippen molar-refractivity contribution in [3.8, 4) is 0 Å². The predicted octanol–water partition coefficient (Wildman–Crippen LogP) is 4.60. The smallest absolute Gasteiger partial charge is 0.254 e. The molecule has 0 atom stereocenters. The van der Waals surface area contributed by atoms with Crippen molar-refractivity contribution in [1.82, 2.24) is 4.90 Å². The first-order valence-electron chi connectivity index (χ1n) is 6.95. The Kier molecular flexibility index (Phi) is 5.85. The fraction of sp³-hybridized carbons (Fsp3) is 0.533. The highest BCUT2D eigenvalue weighted by atomic mass is 79.9. The Morgan fingerprint density at radius 2 is 2.05 bits per heavy atom. The molecular formula is C15H18BrClFNO. The first kappa shape index (κ1) is 15.8. The Labute approximate surface area is 132 Å². The molecule has 0 N–H and O–H groups in total. The summed E-state index contributed by atoms with van der Waals surface area (Å²) in [7, 11) is 0. The number of carbonyl (C=O) groups excluding carboxylic acids is 1. The van der Waals surface area contributed by atoms with Crippen LogP contribution < -0.4 is 0 Å². The predicted molar refractivity (Wildman–Crippen MR) is 82.7 cm³/mol. The maximum absolute atomic E-state index is 13.6. The summed E-state index contributed by atoms with van der Waals surface area (Å²) in [6.45, 7) is 0.517. The van der Waals surface area contributed by atoms with E-state index in [2.05, 4.69) is 15.9 Å². The molecule has 0 unspecified atom stereocenters. The van der Waals surface area contributed by atoms with Crippen molar-refractivity contribution in [2.24, 2.45) is 0 Å². The van der Waals surface area contributed by atoms with E-state index in [1.807, 2.05) is 4.90 Å². The molecule has 1 aromatic rings. The lowest BCUT2D eigenvalue weighted by Crippen LogP contribution is -2.42. The van der Waals surface area contributed by atoms with Crippen LogP contribution in [0.25, 0.3) is 0 Å². The molecule has 0 bridgehead atoms. The number of alkyl halides is 1. The standard InChI is InChI=1S/C15H18BrClFNO/c16-13-7-6-11(10-14(13)18)15(20)19(9-8-17)12-4-2-1-3-5-12/h6-7,10,12H,1-5,8-9H2. The molecule has 2 rings (SSSR count). The zero-order valence-electron chi connectivity index (χ0n) is 11.2. The molecular weight excluding hydrogens is 345 g/mol. The summed E-state index contributed by atoms with van der Waals surface area (Å²) in [6.07, 6.45) is 5.55. The summed E-state index contributed by atoms with van der Waals surface area (Å²) in [5.41, 5.74) is 0.390. The van der Waals surface area contributed by atoms with Gasteiger partial charge in [0.1, 0.15) is 5.82 Å². The topological polar surface area (TPSA) is 20.3 Å². The summed E-state index contributed by atoms with van der Waals surface area (Å²) in [5, 5.41) is 0. The summed E-state index contributed by atoms with van der Waals surface area (Å²) in [6, 6.07) is 4.75. The first-order valence-corrected chi connectivity index (χ1v) is 8.28. The van der Waals surface area contributed by atoms with E-state index in [4.69, 9.17) is 11.6 Å². The van der Waals surface area contributed by atoms with Crippen LogP contribution in [0.2, 0.25) is 0 Å². The number of hydrogen-bond acceptors (Lipinski definition) is 1. The number of amides is 1. The quantitative estimate of drug-likeness (QED) is 0.717. The zero-order chi connectivity index (χ0) is 14.5. The van der Waals surface area contributed by atoms with Crippen LogP contribution in [-0.2, 0) is 0 Å². The lowest BCUT2D eigenvalue weighted by molar-refractivity contribution is 0.0649. The van der Waals surface area contributed by atoms with Gasteiger partial charge < -0.3 is 4.90 Å². The average Bonchev–Trinajstić information content (AvgIpc) is 2.48. The Balaban J connectivity index is 2.18. The van der Waals surface area contributed by atoms with Crippen molar-refractivity contribution in [1.29, 1.82) is 0 Å². The fourth-order valence-electron chi connectivity index (χ4n) is 2.73. The molecule has 5 heteroatoms. The SMILES string of the molecule is O=C(c1ccc(Br)c(F)c1)N(CCCl)C1CCCCC1. The zero-order valence-corrected chi connectivity index (χ0v) is 13.6. The molecule has 2 nitrogen and oxygen atoms in total. The van der Waals surface area contributed by atoms with E-state index in [9.17, 15) is 9.18 Å². The van der Waals surface area contributed by atoms with E-state index in [0.717, 1.165) is 25.7 Å². The minimum absolute atomic E-state index is 0.121. The third kappa shape index (κ3) is 3.73. The van der Waals surface area contributed by atoms with Gasteiger partial charge in [0, 0.05) is 24.0 Å². The number of halogens is 3. The summed E-state index contributed by atoms with van der Waals surface area (Å²) in [4.78, 5) is 14.4.